The van der Waals surface area contributed by atoms with Gasteiger partial charge in [0, 0.05) is 18.7 Å². The van der Waals surface area contributed by atoms with Crippen molar-refractivity contribution < 1.29 is 14.7 Å². The zero-order valence-corrected chi connectivity index (χ0v) is 16.0. The van der Waals surface area contributed by atoms with Crippen molar-refractivity contribution in [3.05, 3.63) is 60.2 Å². The first-order valence-electron chi connectivity index (χ1n) is 9.46. The summed E-state index contributed by atoms with van der Waals surface area (Å²) in [6, 6.07) is 16.2. The number of hydrogen-bond acceptors (Lipinski definition) is 3. The summed E-state index contributed by atoms with van der Waals surface area (Å²) in [4.78, 5) is 26.8. The van der Waals surface area contributed by atoms with Crippen LogP contribution in [-0.4, -0.2) is 47.6 Å². The van der Waals surface area contributed by atoms with Crippen molar-refractivity contribution in [1.82, 2.24) is 10.2 Å². The van der Waals surface area contributed by atoms with E-state index in [4.69, 9.17) is 0 Å². The van der Waals surface area contributed by atoms with Crippen LogP contribution in [0, 0.1) is 0 Å². The van der Waals surface area contributed by atoms with Crippen molar-refractivity contribution >= 4 is 11.8 Å². The molecular weight excluding hydrogens is 340 g/mol. The maximum absolute atomic E-state index is 12.6. The smallest absolute Gasteiger partial charge is 0.251 e. The van der Waals surface area contributed by atoms with Crippen LogP contribution in [0.5, 0.6) is 0 Å². The summed E-state index contributed by atoms with van der Waals surface area (Å²) in [5.41, 5.74) is 2.54. The van der Waals surface area contributed by atoms with Gasteiger partial charge < -0.3 is 15.3 Å². The van der Waals surface area contributed by atoms with Crippen LogP contribution in [0.3, 0.4) is 0 Å². The molecule has 0 saturated heterocycles. The number of amides is 2. The van der Waals surface area contributed by atoms with Gasteiger partial charge in [-0.2, -0.15) is 0 Å². The molecule has 2 aromatic carbocycles. The Labute approximate surface area is 161 Å². The summed E-state index contributed by atoms with van der Waals surface area (Å²) >= 11 is 0. The maximum Gasteiger partial charge on any atom is 0.251 e. The largest absolute Gasteiger partial charge is 0.394 e. The van der Waals surface area contributed by atoms with Crippen LogP contribution in [-0.2, 0) is 4.79 Å². The SMILES string of the molecule is CCCN(CCC)C(=O)[C@H](CO)NC(=O)c1ccc(-c2ccccc2)cc1. The third-order valence-corrected chi connectivity index (χ3v) is 4.34. The zero-order valence-electron chi connectivity index (χ0n) is 16.0. The van der Waals surface area contributed by atoms with Crippen molar-refractivity contribution in [2.75, 3.05) is 19.7 Å². The molecule has 2 aromatic rings. The normalized spacial score (nSPS) is 11.7. The number of hydrogen-bond donors (Lipinski definition) is 2. The molecule has 0 aliphatic heterocycles. The Morgan fingerprint density at radius 2 is 1.48 bits per heavy atom. The Bertz CT molecular complexity index is 723. The van der Waals surface area contributed by atoms with Gasteiger partial charge >= 0.3 is 0 Å². The summed E-state index contributed by atoms with van der Waals surface area (Å²) in [6.07, 6.45) is 1.66. The summed E-state index contributed by atoms with van der Waals surface area (Å²) in [6.45, 7) is 4.81. The first kappa shape index (κ1) is 20.6. The van der Waals surface area contributed by atoms with E-state index in [1.807, 2.05) is 56.3 Å². The van der Waals surface area contributed by atoms with Crippen LogP contribution in [0.15, 0.2) is 54.6 Å². The van der Waals surface area contributed by atoms with Crippen LogP contribution in [0.1, 0.15) is 37.0 Å². The highest BCUT2D eigenvalue weighted by molar-refractivity contribution is 5.98. The molecule has 27 heavy (non-hydrogen) atoms. The van der Waals surface area contributed by atoms with Gasteiger partial charge in [-0.05, 0) is 36.1 Å². The van der Waals surface area contributed by atoms with Crippen molar-refractivity contribution in [2.45, 2.75) is 32.7 Å². The van der Waals surface area contributed by atoms with Gasteiger partial charge in [-0.3, -0.25) is 9.59 Å². The van der Waals surface area contributed by atoms with Gasteiger partial charge in [-0.1, -0.05) is 56.3 Å². The number of aliphatic hydroxyl groups excluding tert-OH is 1. The Hall–Kier alpha value is -2.66. The molecular formula is C22H28N2O3. The molecule has 5 heteroatoms. The average molecular weight is 368 g/mol. The molecule has 2 N–H and O–H groups in total. The average Bonchev–Trinajstić information content (AvgIpc) is 2.72. The molecule has 0 saturated carbocycles. The summed E-state index contributed by atoms with van der Waals surface area (Å²) < 4.78 is 0. The number of nitrogens with zero attached hydrogens (tertiary/aromatic N) is 1. The zero-order chi connectivity index (χ0) is 19.6. The third kappa shape index (κ3) is 5.66. The number of carbonyl (C=O) groups is 2. The second kappa shape index (κ2) is 10.5. The molecule has 1 atom stereocenters. The van der Waals surface area contributed by atoms with Crippen LogP contribution in [0.4, 0.5) is 0 Å². The van der Waals surface area contributed by atoms with Crippen molar-refractivity contribution in [3.63, 3.8) is 0 Å². The molecule has 2 rings (SSSR count). The molecule has 0 aliphatic carbocycles. The molecule has 0 spiro atoms. The molecule has 0 radical (unpaired) electrons. The third-order valence-electron chi connectivity index (χ3n) is 4.34. The van der Waals surface area contributed by atoms with E-state index in [1.54, 1.807) is 17.0 Å². The molecule has 0 fully saturated rings. The highest BCUT2D eigenvalue weighted by Crippen LogP contribution is 2.19. The molecule has 0 unspecified atom stereocenters. The fraction of sp³-hybridized carbons (Fsp3) is 0.364. The van der Waals surface area contributed by atoms with Crippen molar-refractivity contribution in [2.24, 2.45) is 0 Å². The predicted molar refractivity (Wildman–Crippen MR) is 107 cm³/mol. The van der Waals surface area contributed by atoms with Gasteiger partial charge in [0.2, 0.25) is 5.91 Å². The van der Waals surface area contributed by atoms with Crippen molar-refractivity contribution in [1.29, 1.82) is 0 Å². The van der Waals surface area contributed by atoms with E-state index in [2.05, 4.69) is 5.32 Å². The van der Waals surface area contributed by atoms with Gasteiger partial charge in [0.1, 0.15) is 6.04 Å². The van der Waals surface area contributed by atoms with E-state index in [-0.39, 0.29) is 11.8 Å². The molecule has 5 nitrogen and oxygen atoms in total. The molecule has 0 bridgehead atoms. The van der Waals surface area contributed by atoms with Crippen LogP contribution in [0.25, 0.3) is 11.1 Å². The molecule has 0 aromatic heterocycles. The van der Waals surface area contributed by atoms with Gasteiger partial charge in [0.15, 0.2) is 0 Å². The number of carbonyl (C=O) groups excluding carboxylic acids is 2. The lowest BCUT2D eigenvalue weighted by Gasteiger charge is -2.26. The second-order valence-corrected chi connectivity index (χ2v) is 6.48. The Balaban J connectivity index is 2.06. The van der Waals surface area contributed by atoms with Crippen molar-refractivity contribution in [3.8, 4) is 11.1 Å². The van der Waals surface area contributed by atoms with Crippen LogP contribution >= 0.6 is 0 Å². The van der Waals surface area contributed by atoms with Crippen LogP contribution < -0.4 is 5.32 Å². The lowest BCUT2D eigenvalue weighted by atomic mass is 10.0. The Morgan fingerprint density at radius 1 is 0.926 bits per heavy atom. The Morgan fingerprint density at radius 3 is 2.00 bits per heavy atom. The quantitative estimate of drug-likeness (QED) is 0.715. The predicted octanol–water partition coefficient (Wildman–Crippen LogP) is 3.09. The molecule has 0 heterocycles. The van der Waals surface area contributed by atoms with E-state index in [9.17, 15) is 14.7 Å². The number of aliphatic hydroxyl groups is 1. The highest BCUT2D eigenvalue weighted by atomic mass is 16.3. The Kier molecular flexibility index (Phi) is 8.01. The summed E-state index contributed by atoms with van der Waals surface area (Å²) in [7, 11) is 0. The topological polar surface area (TPSA) is 69.6 Å². The first-order valence-corrected chi connectivity index (χ1v) is 9.46. The van der Waals surface area contributed by atoms with E-state index in [1.165, 1.54) is 0 Å². The molecule has 144 valence electrons. The van der Waals surface area contributed by atoms with Crippen LogP contribution in [0.2, 0.25) is 0 Å². The first-order chi connectivity index (χ1) is 13.1. The van der Waals surface area contributed by atoms with E-state index in [0.29, 0.717) is 18.7 Å². The monoisotopic (exact) mass is 368 g/mol. The minimum absolute atomic E-state index is 0.240. The van der Waals surface area contributed by atoms with E-state index in [0.717, 1.165) is 24.0 Å². The number of nitrogens with one attached hydrogen (secondary N) is 1. The fourth-order valence-corrected chi connectivity index (χ4v) is 2.96. The van der Waals surface area contributed by atoms with E-state index < -0.39 is 12.6 Å². The molecule has 2 amide bonds. The summed E-state index contributed by atoms with van der Waals surface area (Å²) in [5.74, 6) is -0.606. The lowest BCUT2D eigenvalue weighted by molar-refractivity contribution is -0.134. The van der Waals surface area contributed by atoms with Gasteiger partial charge in [-0.15, -0.1) is 0 Å². The highest BCUT2D eigenvalue weighted by Gasteiger charge is 2.25. The summed E-state index contributed by atoms with van der Waals surface area (Å²) in [5, 5.41) is 12.3. The van der Waals surface area contributed by atoms with E-state index >= 15 is 0 Å². The van der Waals surface area contributed by atoms with Gasteiger partial charge in [-0.25, -0.2) is 0 Å². The second-order valence-electron chi connectivity index (χ2n) is 6.48. The lowest BCUT2D eigenvalue weighted by Crippen LogP contribution is -2.51. The molecule has 0 aliphatic rings. The minimum Gasteiger partial charge on any atom is -0.394 e. The number of benzene rings is 2. The fourth-order valence-electron chi connectivity index (χ4n) is 2.96. The minimum atomic E-state index is -0.926. The van der Waals surface area contributed by atoms with Gasteiger partial charge in [0.25, 0.3) is 5.91 Å². The maximum atomic E-state index is 12.6. The number of rotatable bonds is 9. The standard InChI is InChI=1S/C22H28N2O3/c1-3-14-24(15-4-2)22(27)20(16-25)23-21(26)19-12-10-18(11-13-19)17-8-6-5-7-9-17/h5-13,20,25H,3-4,14-16H2,1-2H3,(H,23,26)/t20-/m0/s1. The van der Waals surface area contributed by atoms with Gasteiger partial charge in [0.05, 0.1) is 6.61 Å².